The zero-order valence-corrected chi connectivity index (χ0v) is 48.4. The van der Waals surface area contributed by atoms with Crippen molar-refractivity contribution in [2.24, 2.45) is 0 Å². The smallest absolute Gasteiger partial charge is 0.145 e. The van der Waals surface area contributed by atoms with Crippen molar-refractivity contribution >= 4 is 89.4 Å². The van der Waals surface area contributed by atoms with Crippen molar-refractivity contribution in [3.63, 3.8) is 0 Å². The molecule has 3 nitrogen and oxygen atoms in total. The normalized spacial score (nSPS) is 14.8. The SMILES string of the molecule is CC1(C)c2ccccc2-c2ccc(N(c3ccc4c(c3)C3(c5ccccc5Sc5ccccc53)c3cc(N(c5ccc6c(c5)C(C)(C)c5ccccc5-6)c5ccc6ccccc6c5)c5c(oc6ccccc65)c3-4)c3ccc4ccccc4c3)cc21. The van der Waals surface area contributed by atoms with E-state index in [-0.39, 0.29) is 10.8 Å². The summed E-state index contributed by atoms with van der Waals surface area (Å²) in [6.45, 7) is 9.53. The van der Waals surface area contributed by atoms with E-state index in [4.69, 9.17) is 4.42 Å². The standard InChI is InChI=1S/C81H56N2OS/c1-79(2)64-26-12-9-23-58(64)60-40-37-55(45-68(60)79)82(53-35-33-49-19-5-7-21-51(49)43-53)56-39-42-62-70(47-56)81(66-28-14-17-31-74(66)85-75-32-18-15-29-67(75)81)71-48-72(77-63-25-11-16-30-73(63)84-78(77)76(62)71)83(54-36-34-50-20-6-8-22-52(50)44-54)57-38-41-61-59-24-10-13-27-65(59)80(3,4)69(61)46-57/h5-48H,1-4H3. The van der Waals surface area contributed by atoms with Crippen LogP contribution in [-0.4, -0.2) is 0 Å². The number of para-hydroxylation sites is 1. The van der Waals surface area contributed by atoms with E-state index in [2.05, 4.69) is 304 Å². The molecule has 0 unspecified atom stereocenters. The highest BCUT2D eigenvalue weighted by atomic mass is 32.2. The summed E-state index contributed by atoms with van der Waals surface area (Å²) in [7, 11) is 0. The first-order valence-electron chi connectivity index (χ1n) is 29.7. The molecule has 0 saturated heterocycles. The van der Waals surface area contributed by atoms with E-state index < -0.39 is 5.41 Å². The van der Waals surface area contributed by atoms with Crippen LogP contribution >= 0.6 is 11.8 Å². The Bertz CT molecular complexity index is 5170. The Morgan fingerprint density at radius 3 is 1.33 bits per heavy atom. The van der Waals surface area contributed by atoms with Crippen LogP contribution in [0.25, 0.3) is 76.9 Å². The Balaban J connectivity index is 0.945. The molecule has 1 spiro atoms. The second-order valence-corrected chi connectivity index (χ2v) is 25.8. The number of anilines is 6. The van der Waals surface area contributed by atoms with Gasteiger partial charge in [0.1, 0.15) is 11.2 Å². The largest absolute Gasteiger partial charge is 0.455 e. The molecule has 0 atom stereocenters. The number of fused-ring (bicyclic) bond motifs is 21. The molecule has 1 aliphatic heterocycles. The van der Waals surface area contributed by atoms with E-state index in [1.165, 1.54) is 104 Å². The Hall–Kier alpha value is -9.87. The summed E-state index contributed by atoms with van der Waals surface area (Å²) in [6, 6.07) is 101. The molecule has 0 radical (unpaired) electrons. The van der Waals surface area contributed by atoms with Crippen LogP contribution in [0.2, 0.25) is 0 Å². The molecule has 4 heteroatoms. The van der Waals surface area contributed by atoms with Gasteiger partial charge in [-0.2, -0.15) is 0 Å². The molecule has 2 heterocycles. The van der Waals surface area contributed by atoms with E-state index in [0.29, 0.717) is 0 Å². The molecule has 0 N–H and O–H groups in total. The quantitative estimate of drug-likeness (QED) is 0.165. The molecule has 0 fully saturated rings. The predicted octanol–water partition coefficient (Wildman–Crippen LogP) is 22.3. The van der Waals surface area contributed by atoms with E-state index >= 15 is 0 Å². The number of hydrogen-bond donors (Lipinski definition) is 0. The van der Waals surface area contributed by atoms with Crippen LogP contribution in [0.5, 0.6) is 0 Å². The molecule has 0 bridgehead atoms. The molecule has 18 rings (SSSR count). The lowest BCUT2D eigenvalue weighted by atomic mass is 9.67. The van der Waals surface area contributed by atoms with Crippen LogP contribution in [0, 0.1) is 0 Å². The minimum Gasteiger partial charge on any atom is -0.455 e. The summed E-state index contributed by atoms with van der Waals surface area (Å²) >= 11 is 1.88. The second kappa shape index (κ2) is 17.6. The second-order valence-electron chi connectivity index (χ2n) is 24.7. The summed E-state index contributed by atoms with van der Waals surface area (Å²) in [4.78, 5) is 7.55. The number of benzene rings is 13. The van der Waals surface area contributed by atoms with Crippen LogP contribution in [0.4, 0.5) is 34.1 Å². The van der Waals surface area contributed by atoms with Crippen molar-refractivity contribution in [3.05, 3.63) is 311 Å². The summed E-state index contributed by atoms with van der Waals surface area (Å²) in [5.74, 6) is 0. The van der Waals surface area contributed by atoms with Gasteiger partial charge in [-0.25, -0.2) is 0 Å². The molecule has 4 aliphatic rings. The first-order chi connectivity index (χ1) is 41.6. The number of furan rings is 1. The lowest BCUT2D eigenvalue weighted by Gasteiger charge is -2.40. The summed E-state index contributed by atoms with van der Waals surface area (Å²) < 4.78 is 7.55. The summed E-state index contributed by atoms with van der Waals surface area (Å²) in [5, 5.41) is 6.97. The van der Waals surface area contributed by atoms with Gasteiger partial charge in [-0.15, -0.1) is 0 Å². The van der Waals surface area contributed by atoms with Gasteiger partial charge >= 0.3 is 0 Å². The third kappa shape index (κ3) is 6.69. The maximum atomic E-state index is 7.55. The lowest BCUT2D eigenvalue weighted by Crippen LogP contribution is -2.32. The molecule has 85 heavy (non-hydrogen) atoms. The zero-order chi connectivity index (χ0) is 56.5. The average molecular weight is 1110 g/mol. The summed E-state index contributed by atoms with van der Waals surface area (Å²) in [5.41, 5.74) is 25.0. The first kappa shape index (κ1) is 48.6. The topological polar surface area (TPSA) is 19.6 Å². The van der Waals surface area contributed by atoms with Crippen molar-refractivity contribution in [2.75, 3.05) is 9.80 Å². The fourth-order valence-corrected chi connectivity index (χ4v) is 16.9. The van der Waals surface area contributed by atoms with Gasteiger partial charge in [0.25, 0.3) is 0 Å². The highest BCUT2D eigenvalue weighted by molar-refractivity contribution is 7.99. The van der Waals surface area contributed by atoms with Crippen LogP contribution < -0.4 is 9.80 Å². The molecule has 402 valence electrons. The van der Waals surface area contributed by atoms with E-state index in [1.807, 2.05) is 11.8 Å². The van der Waals surface area contributed by atoms with Crippen molar-refractivity contribution in [2.45, 2.75) is 53.7 Å². The fourth-order valence-electron chi connectivity index (χ4n) is 15.7. The summed E-state index contributed by atoms with van der Waals surface area (Å²) in [6.07, 6.45) is 0. The maximum Gasteiger partial charge on any atom is 0.145 e. The molecular weight excluding hydrogens is 1050 g/mol. The van der Waals surface area contributed by atoms with Gasteiger partial charge in [0, 0.05) is 60.0 Å². The van der Waals surface area contributed by atoms with Gasteiger partial charge < -0.3 is 14.2 Å². The minimum absolute atomic E-state index is 0.189. The molecule has 1 aromatic heterocycles. The molecule has 3 aliphatic carbocycles. The van der Waals surface area contributed by atoms with Crippen LogP contribution in [-0.2, 0) is 16.2 Å². The number of rotatable bonds is 6. The average Bonchev–Trinajstić information content (AvgIpc) is 3.08. The van der Waals surface area contributed by atoms with Crippen molar-refractivity contribution in [1.82, 2.24) is 0 Å². The van der Waals surface area contributed by atoms with Gasteiger partial charge in [0.2, 0.25) is 0 Å². The Labute approximate surface area is 499 Å². The van der Waals surface area contributed by atoms with Crippen LogP contribution in [0.15, 0.2) is 281 Å². The highest BCUT2D eigenvalue weighted by Crippen LogP contribution is 2.66. The lowest BCUT2D eigenvalue weighted by molar-refractivity contribution is 0.660. The molecule has 0 amide bonds. The van der Waals surface area contributed by atoms with Gasteiger partial charge in [0.05, 0.1) is 16.5 Å². The van der Waals surface area contributed by atoms with E-state index in [1.54, 1.807) is 0 Å². The van der Waals surface area contributed by atoms with Crippen molar-refractivity contribution in [1.29, 1.82) is 0 Å². The third-order valence-corrected chi connectivity index (χ3v) is 20.8. The molecular formula is C81H56N2OS. The Morgan fingerprint density at radius 1 is 0.318 bits per heavy atom. The molecule has 13 aromatic carbocycles. The predicted molar refractivity (Wildman–Crippen MR) is 355 cm³/mol. The monoisotopic (exact) mass is 1100 g/mol. The van der Waals surface area contributed by atoms with Crippen molar-refractivity contribution in [3.8, 4) is 33.4 Å². The van der Waals surface area contributed by atoms with Crippen LogP contribution in [0.3, 0.4) is 0 Å². The number of hydrogen-bond acceptors (Lipinski definition) is 4. The van der Waals surface area contributed by atoms with Crippen LogP contribution in [0.1, 0.15) is 72.2 Å². The van der Waals surface area contributed by atoms with Gasteiger partial charge in [0.15, 0.2) is 0 Å². The van der Waals surface area contributed by atoms with Gasteiger partial charge in [-0.05, 0) is 179 Å². The molecule has 0 saturated carbocycles. The van der Waals surface area contributed by atoms with Crippen molar-refractivity contribution < 1.29 is 4.42 Å². The fraction of sp³-hybridized carbons (Fsp3) is 0.0864. The van der Waals surface area contributed by atoms with E-state index in [9.17, 15) is 0 Å². The zero-order valence-electron chi connectivity index (χ0n) is 47.6. The van der Waals surface area contributed by atoms with Gasteiger partial charge in [-0.1, -0.05) is 221 Å². The number of nitrogens with zero attached hydrogens (tertiary/aromatic N) is 2. The maximum absolute atomic E-state index is 7.55. The highest BCUT2D eigenvalue weighted by Gasteiger charge is 2.52. The van der Waals surface area contributed by atoms with E-state index in [0.717, 1.165) is 61.6 Å². The first-order valence-corrected chi connectivity index (χ1v) is 30.5. The van der Waals surface area contributed by atoms with Gasteiger partial charge in [-0.3, -0.25) is 0 Å². The third-order valence-electron chi connectivity index (χ3n) is 19.6. The Morgan fingerprint density at radius 2 is 0.741 bits per heavy atom. The Kier molecular flexibility index (Phi) is 10.1. The molecule has 14 aromatic rings. The minimum atomic E-state index is -0.783.